The molecule has 3 aromatic heterocycles. The largest absolute Gasteiger partial charge is 0.493 e. The number of hydrogen-bond donors (Lipinski definition) is 0. The van der Waals surface area contributed by atoms with Crippen LogP contribution in [0.5, 0.6) is 11.5 Å². The van der Waals surface area contributed by atoms with E-state index in [0.717, 1.165) is 107 Å². The van der Waals surface area contributed by atoms with E-state index in [1.54, 1.807) is 35.3 Å². The summed E-state index contributed by atoms with van der Waals surface area (Å²) >= 11 is 5.35. The normalized spacial score (nSPS) is 12.8. The predicted molar refractivity (Wildman–Crippen MR) is 276 cm³/mol. The van der Waals surface area contributed by atoms with Crippen LogP contribution in [-0.2, 0) is 36.5 Å². The van der Waals surface area contributed by atoms with Crippen LogP contribution in [0.15, 0.2) is 125 Å². The number of pyridine rings is 3. The highest BCUT2D eigenvalue weighted by molar-refractivity contribution is 8.13. The number of thioether (sulfide) groups is 3. The van der Waals surface area contributed by atoms with E-state index in [2.05, 4.69) is 120 Å². The second-order valence-corrected chi connectivity index (χ2v) is 18.5. The SMILES string of the molecule is C.CCCCOc1ccnc(CSC2=Nc3ccccc3C2)c1C.CCOc1ccnc(CSC2=Nc3ccccc3C2)c1C.Cc1ccnc(CSC2=Nc3ccccc3C2)c1C. The molecular formula is C53H60N6O2S3. The molecule has 3 aliphatic heterocycles. The summed E-state index contributed by atoms with van der Waals surface area (Å²) in [5, 5.41) is 3.54. The Morgan fingerprint density at radius 2 is 0.875 bits per heavy atom. The molecule has 0 N–H and O–H groups in total. The van der Waals surface area contributed by atoms with E-state index in [1.807, 2.05) is 55.8 Å². The Morgan fingerprint density at radius 1 is 0.484 bits per heavy atom. The van der Waals surface area contributed by atoms with Crippen molar-refractivity contribution in [1.29, 1.82) is 0 Å². The third-order valence-electron chi connectivity index (χ3n) is 11.0. The van der Waals surface area contributed by atoms with Crippen LogP contribution in [0.2, 0.25) is 0 Å². The van der Waals surface area contributed by atoms with Crippen LogP contribution < -0.4 is 9.47 Å². The molecule has 64 heavy (non-hydrogen) atoms. The average molecular weight is 909 g/mol. The lowest BCUT2D eigenvalue weighted by molar-refractivity contribution is 0.306. The molecule has 0 spiro atoms. The van der Waals surface area contributed by atoms with E-state index >= 15 is 0 Å². The van der Waals surface area contributed by atoms with Gasteiger partial charge in [0.15, 0.2) is 0 Å². The summed E-state index contributed by atoms with van der Waals surface area (Å²) in [7, 11) is 0. The first-order valence-electron chi connectivity index (χ1n) is 21.7. The maximum absolute atomic E-state index is 5.86. The highest BCUT2D eigenvalue weighted by Crippen LogP contribution is 2.34. The molecule has 0 atom stereocenters. The molecule has 0 amide bonds. The molecule has 8 nitrogen and oxygen atoms in total. The van der Waals surface area contributed by atoms with Gasteiger partial charge < -0.3 is 9.47 Å². The molecule has 0 unspecified atom stereocenters. The van der Waals surface area contributed by atoms with E-state index in [1.165, 1.54) is 48.6 Å². The monoisotopic (exact) mass is 908 g/mol. The van der Waals surface area contributed by atoms with Crippen molar-refractivity contribution in [1.82, 2.24) is 15.0 Å². The van der Waals surface area contributed by atoms with Gasteiger partial charge in [0.05, 0.1) is 62.5 Å². The number of unbranched alkanes of at least 4 members (excludes halogenated alkanes) is 1. The Morgan fingerprint density at radius 3 is 1.28 bits per heavy atom. The molecule has 0 fully saturated rings. The van der Waals surface area contributed by atoms with Crippen molar-refractivity contribution >= 4 is 67.5 Å². The van der Waals surface area contributed by atoms with Crippen LogP contribution in [0.25, 0.3) is 0 Å². The van der Waals surface area contributed by atoms with Gasteiger partial charge in [-0.25, -0.2) is 15.0 Å². The van der Waals surface area contributed by atoms with Crippen molar-refractivity contribution in [2.45, 2.75) is 98.3 Å². The van der Waals surface area contributed by atoms with Crippen molar-refractivity contribution in [3.8, 4) is 11.5 Å². The first-order chi connectivity index (χ1) is 30.8. The van der Waals surface area contributed by atoms with E-state index in [4.69, 9.17) is 14.5 Å². The number of aliphatic imine (C=N–C) groups is 3. The Hall–Kier alpha value is -5.23. The zero-order chi connectivity index (χ0) is 44.0. The summed E-state index contributed by atoms with van der Waals surface area (Å²) in [6, 6.07) is 31.0. The molecule has 0 bridgehead atoms. The van der Waals surface area contributed by atoms with Gasteiger partial charge in [-0.15, -0.1) is 35.3 Å². The quantitative estimate of drug-likeness (QED) is 0.112. The van der Waals surface area contributed by atoms with E-state index in [0.29, 0.717) is 6.61 Å². The molecule has 6 aromatic rings. The topological polar surface area (TPSA) is 94.2 Å². The lowest BCUT2D eigenvalue weighted by atomic mass is 10.1. The van der Waals surface area contributed by atoms with Gasteiger partial charge in [-0.1, -0.05) is 75.4 Å². The van der Waals surface area contributed by atoms with Crippen molar-refractivity contribution in [3.05, 3.63) is 166 Å². The number of hydrogen-bond acceptors (Lipinski definition) is 11. The standard InChI is InChI=1S/C19H22N2OS.C17H18N2OS.C16H16N2S.CH4/c1-3-4-11-22-18-9-10-20-17(14(18)2)13-23-19-12-15-7-5-6-8-16(15)21-19;1-3-20-16-8-9-18-15(12(16)2)11-21-17-10-13-6-4-5-7-14(13)19-17;1-11-7-8-17-15(12(11)2)10-19-16-9-13-5-3-4-6-14(13)18-16;/h5-10H,3-4,11-13H2,1-2H3;4-9H,3,10-11H2,1-2H3;3-8H,9-10H2,1-2H3;1H4. The Balaban J connectivity index is 0.000000159. The summed E-state index contributed by atoms with van der Waals surface area (Å²) < 4.78 is 11.5. The van der Waals surface area contributed by atoms with Crippen LogP contribution in [0, 0.1) is 27.7 Å². The molecule has 0 saturated heterocycles. The van der Waals surface area contributed by atoms with E-state index in [9.17, 15) is 0 Å². The lowest BCUT2D eigenvalue weighted by Gasteiger charge is -2.11. The second-order valence-electron chi connectivity index (χ2n) is 15.4. The molecule has 0 aliphatic carbocycles. The summed E-state index contributed by atoms with van der Waals surface area (Å²) in [4.78, 5) is 27.5. The minimum absolute atomic E-state index is 0. The first-order valence-corrected chi connectivity index (χ1v) is 24.7. The highest BCUT2D eigenvalue weighted by Gasteiger charge is 2.18. The fraction of sp³-hybridized carbons (Fsp3) is 0.321. The number of benzene rings is 3. The number of ether oxygens (including phenoxy) is 2. The highest BCUT2D eigenvalue weighted by atomic mass is 32.2. The van der Waals surface area contributed by atoms with Crippen molar-refractivity contribution < 1.29 is 9.47 Å². The van der Waals surface area contributed by atoms with Crippen LogP contribution in [0.4, 0.5) is 17.1 Å². The zero-order valence-electron chi connectivity index (χ0n) is 37.2. The molecule has 0 radical (unpaired) electrons. The zero-order valence-corrected chi connectivity index (χ0v) is 39.6. The van der Waals surface area contributed by atoms with Crippen molar-refractivity contribution in [3.63, 3.8) is 0 Å². The number of nitrogens with zero attached hydrogens (tertiary/aromatic N) is 6. The maximum Gasteiger partial charge on any atom is 0.125 e. The third-order valence-corrected chi connectivity index (χ3v) is 14.0. The lowest BCUT2D eigenvalue weighted by Crippen LogP contribution is -2.02. The van der Waals surface area contributed by atoms with Gasteiger partial charge in [-0.05, 0) is 105 Å². The Kier molecular flexibility index (Phi) is 18.2. The molecule has 9 rings (SSSR count). The molecule has 0 saturated carbocycles. The third kappa shape index (κ3) is 12.9. The van der Waals surface area contributed by atoms with Gasteiger partial charge in [0.25, 0.3) is 0 Å². The maximum atomic E-state index is 5.86. The van der Waals surface area contributed by atoms with E-state index in [-0.39, 0.29) is 7.43 Å². The van der Waals surface area contributed by atoms with E-state index < -0.39 is 0 Å². The molecular weight excluding hydrogens is 849 g/mol. The minimum atomic E-state index is 0. The summed E-state index contributed by atoms with van der Waals surface area (Å²) in [5.74, 6) is 4.46. The van der Waals surface area contributed by atoms with Crippen LogP contribution >= 0.6 is 35.3 Å². The van der Waals surface area contributed by atoms with Gasteiger partial charge in [0, 0.05) is 66.2 Å². The molecule has 332 valence electrons. The summed E-state index contributed by atoms with van der Waals surface area (Å²) in [6.07, 6.45) is 10.6. The van der Waals surface area contributed by atoms with Gasteiger partial charge in [0.1, 0.15) is 11.5 Å². The predicted octanol–water partition coefficient (Wildman–Crippen LogP) is 14.3. The van der Waals surface area contributed by atoms with Crippen LogP contribution in [-0.4, -0.2) is 43.3 Å². The number of fused-ring (bicyclic) bond motifs is 3. The Bertz CT molecular complexity index is 2610. The summed E-state index contributed by atoms with van der Waals surface area (Å²) in [5.41, 5.74) is 15.5. The number of aromatic nitrogens is 3. The molecule has 3 aromatic carbocycles. The van der Waals surface area contributed by atoms with Gasteiger partial charge in [-0.3, -0.25) is 15.0 Å². The smallest absolute Gasteiger partial charge is 0.125 e. The molecule has 6 heterocycles. The van der Waals surface area contributed by atoms with Gasteiger partial charge in [-0.2, -0.15) is 0 Å². The number of rotatable bonds is 12. The number of aryl methyl sites for hydroxylation is 1. The second kappa shape index (κ2) is 24.2. The van der Waals surface area contributed by atoms with Crippen LogP contribution in [0.1, 0.15) is 90.1 Å². The summed E-state index contributed by atoms with van der Waals surface area (Å²) in [6.45, 7) is 14.1. The van der Waals surface area contributed by atoms with Crippen molar-refractivity contribution in [2.24, 2.45) is 15.0 Å². The Labute approximate surface area is 393 Å². The minimum Gasteiger partial charge on any atom is -0.493 e. The first kappa shape index (κ1) is 48.2. The van der Waals surface area contributed by atoms with Gasteiger partial charge >= 0.3 is 0 Å². The number of para-hydroxylation sites is 3. The fourth-order valence-corrected chi connectivity index (χ4v) is 10.1. The van der Waals surface area contributed by atoms with Gasteiger partial charge in [0.2, 0.25) is 0 Å². The van der Waals surface area contributed by atoms with Crippen molar-refractivity contribution in [2.75, 3.05) is 13.2 Å². The average Bonchev–Trinajstić information content (AvgIpc) is 4.04. The molecule has 11 heteroatoms. The van der Waals surface area contributed by atoms with Crippen LogP contribution in [0.3, 0.4) is 0 Å². The fourth-order valence-electron chi connectivity index (χ4n) is 7.06. The molecule has 3 aliphatic rings.